The number of hydrogen-bond donors (Lipinski definition) is 1. The summed E-state index contributed by atoms with van der Waals surface area (Å²) in [5, 5.41) is 2.73. The van der Waals surface area contributed by atoms with E-state index < -0.39 is 5.83 Å². The summed E-state index contributed by atoms with van der Waals surface area (Å²) in [6.45, 7) is 13.7. The molecular weight excluding hydrogens is 261 g/mol. The lowest BCUT2D eigenvalue weighted by Crippen LogP contribution is -2.31. The molecule has 0 saturated heterocycles. The van der Waals surface area contributed by atoms with Crippen LogP contribution in [0.3, 0.4) is 0 Å². The standard InChI is InChI=1S/C15H24FNO3/c1-11(2)14(10-13(5)16)20-9-8-19-7-6-17-15(18)12(3)4/h10,12H,1,5-9H2,2-4H3,(H,17,18)/b14-10+. The minimum absolute atomic E-state index is 0.00110. The van der Waals surface area contributed by atoms with Crippen LogP contribution in [0.1, 0.15) is 20.8 Å². The molecule has 0 unspecified atom stereocenters. The molecular formula is C15H24FNO3. The van der Waals surface area contributed by atoms with E-state index in [1.165, 1.54) is 6.08 Å². The molecule has 0 radical (unpaired) electrons. The summed E-state index contributed by atoms with van der Waals surface area (Å²) in [6.07, 6.45) is 1.19. The zero-order valence-electron chi connectivity index (χ0n) is 12.5. The molecule has 0 aromatic heterocycles. The molecule has 0 rings (SSSR count). The van der Waals surface area contributed by atoms with E-state index in [4.69, 9.17) is 9.47 Å². The fourth-order valence-corrected chi connectivity index (χ4v) is 1.19. The fourth-order valence-electron chi connectivity index (χ4n) is 1.19. The van der Waals surface area contributed by atoms with Crippen molar-refractivity contribution in [2.24, 2.45) is 5.92 Å². The first-order valence-corrected chi connectivity index (χ1v) is 6.54. The molecule has 1 amide bonds. The summed E-state index contributed by atoms with van der Waals surface area (Å²) in [7, 11) is 0. The van der Waals surface area contributed by atoms with Crippen molar-refractivity contribution in [1.82, 2.24) is 5.32 Å². The maximum Gasteiger partial charge on any atom is 0.222 e. The summed E-state index contributed by atoms with van der Waals surface area (Å²) >= 11 is 0. The van der Waals surface area contributed by atoms with Crippen molar-refractivity contribution in [3.63, 3.8) is 0 Å². The van der Waals surface area contributed by atoms with Gasteiger partial charge in [0.2, 0.25) is 5.91 Å². The number of rotatable bonds is 10. The molecule has 20 heavy (non-hydrogen) atoms. The Morgan fingerprint density at radius 1 is 1.30 bits per heavy atom. The molecule has 0 heterocycles. The zero-order valence-corrected chi connectivity index (χ0v) is 12.5. The normalized spacial score (nSPS) is 11.3. The lowest BCUT2D eigenvalue weighted by atomic mass is 10.2. The van der Waals surface area contributed by atoms with Gasteiger partial charge in [-0.15, -0.1) is 0 Å². The monoisotopic (exact) mass is 285 g/mol. The Balaban J connectivity index is 3.73. The highest BCUT2D eigenvalue weighted by molar-refractivity contribution is 5.77. The average molecular weight is 285 g/mol. The predicted octanol–water partition coefficient (Wildman–Crippen LogP) is 2.74. The van der Waals surface area contributed by atoms with Crippen LogP contribution in [0, 0.1) is 5.92 Å². The summed E-state index contributed by atoms with van der Waals surface area (Å²) < 4.78 is 23.3. The van der Waals surface area contributed by atoms with Gasteiger partial charge in [0, 0.05) is 18.5 Å². The van der Waals surface area contributed by atoms with Crippen molar-refractivity contribution in [1.29, 1.82) is 0 Å². The van der Waals surface area contributed by atoms with Gasteiger partial charge in [0.15, 0.2) is 0 Å². The maximum atomic E-state index is 12.7. The fraction of sp³-hybridized carbons (Fsp3) is 0.533. The van der Waals surface area contributed by atoms with Gasteiger partial charge in [-0.1, -0.05) is 27.0 Å². The topological polar surface area (TPSA) is 47.6 Å². The van der Waals surface area contributed by atoms with Crippen molar-refractivity contribution in [3.05, 3.63) is 36.4 Å². The number of halogens is 1. The van der Waals surface area contributed by atoms with E-state index in [2.05, 4.69) is 18.5 Å². The third-order valence-electron chi connectivity index (χ3n) is 2.26. The highest BCUT2D eigenvalue weighted by atomic mass is 19.1. The minimum atomic E-state index is -0.583. The minimum Gasteiger partial charge on any atom is -0.491 e. The molecule has 0 aliphatic rings. The van der Waals surface area contributed by atoms with Gasteiger partial charge >= 0.3 is 0 Å². The van der Waals surface area contributed by atoms with Crippen molar-refractivity contribution in [3.8, 4) is 0 Å². The molecule has 4 nitrogen and oxygen atoms in total. The second-order valence-electron chi connectivity index (χ2n) is 4.64. The quantitative estimate of drug-likeness (QED) is 0.381. The van der Waals surface area contributed by atoms with Gasteiger partial charge in [0.25, 0.3) is 0 Å². The third-order valence-corrected chi connectivity index (χ3v) is 2.26. The molecule has 0 aromatic rings. The lowest BCUT2D eigenvalue weighted by Gasteiger charge is -2.11. The van der Waals surface area contributed by atoms with E-state index in [0.717, 1.165) is 0 Å². The maximum absolute atomic E-state index is 12.7. The third kappa shape index (κ3) is 9.33. The van der Waals surface area contributed by atoms with Gasteiger partial charge in [-0.2, -0.15) is 0 Å². The van der Waals surface area contributed by atoms with E-state index >= 15 is 0 Å². The zero-order chi connectivity index (χ0) is 15.5. The molecule has 0 bridgehead atoms. The molecule has 0 spiro atoms. The SMILES string of the molecule is C=C(F)/C=C(/OCCOCCNC(=O)C(C)C)C(=C)C. The first kappa shape index (κ1) is 18.4. The van der Waals surface area contributed by atoms with Gasteiger partial charge < -0.3 is 14.8 Å². The first-order chi connectivity index (χ1) is 9.34. The number of ether oxygens (including phenoxy) is 2. The van der Waals surface area contributed by atoms with Crippen LogP contribution in [0.15, 0.2) is 36.4 Å². The van der Waals surface area contributed by atoms with E-state index in [0.29, 0.717) is 31.1 Å². The second-order valence-corrected chi connectivity index (χ2v) is 4.64. The van der Waals surface area contributed by atoms with Crippen LogP contribution >= 0.6 is 0 Å². The molecule has 1 N–H and O–H groups in total. The summed E-state index contributed by atoms with van der Waals surface area (Å²) in [6, 6.07) is 0. The van der Waals surface area contributed by atoms with E-state index in [1.54, 1.807) is 6.92 Å². The van der Waals surface area contributed by atoms with E-state index in [-0.39, 0.29) is 18.4 Å². The van der Waals surface area contributed by atoms with Gasteiger partial charge in [-0.3, -0.25) is 4.79 Å². The van der Waals surface area contributed by atoms with Gasteiger partial charge in [0.05, 0.1) is 13.2 Å². The summed E-state index contributed by atoms with van der Waals surface area (Å²) in [5.41, 5.74) is 0.619. The molecule has 5 heteroatoms. The Labute approximate surface area is 120 Å². The van der Waals surface area contributed by atoms with Crippen molar-refractivity contribution in [2.75, 3.05) is 26.4 Å². The molecule has 114 valence electrons. The van der Waals surface area contributed by atoms with Crippen LogP contribution in [-0.4, -0.2) is 32.3 Å². The number of allylic oxidation sites excluding steroid dienone is 3. The number of carbonyl (C=O) groups excluding carboxylic acids is 1. The second kappa shape index (κ2) is 10.2. The lowest BCUT2D eigenvalue weighted by molar-refractivity contribution is -0.124. The highest BCUT2D eigenvalue weighted by Gasteiger charge is 2.05. The summed E-state index contributed by atoms with van der Waals surface area (Å²) in [5.74, 6) is -0.260. The molecule has 0 fully saturated rings. The largest absolute Gasteiger partial charge is 0.491 e. The number of amides is 1. The van der Waals surface area contributed by atoms with E-state index in [9.17, 15) is 9.18 Å². The Morgan fingerprint density at radius 3 is 2.45 bits per heavy atom. The Hall–Kier alpha value is -1.62. The van der Waals surface area contributed by atoms with Crippen molar-refractivity contribution in [2.45, 2.75) is 20.8 Å². The van der Waals surface area contributed by atoms with Crippen molar-refractivity contribution >= 4 is 5.91 Å². The van der Waals surface area contributed by atoms with Crippen LogP contribution in [0.2, 0.25) is 0 Å². The molecule has 0 atom stereocenters. The molecule has 0 aliphatic carbocycles. The number of hydrogen-bond acceptors (Lipinski definition) is 3. The highest BCUT2D eigenvalue weighted by Crippen LogP contribution is 2.11. The van der Waals surface area contributed by atoms with Crippen LogP contribution in [-0.2, 0) is 14.3 Å². The number of nitrogens with one attached hydrogen (secondary N) is 1. The predicted molar refractivity (Wildman–Crippen MR) is 77.8 cm³/mol. The van der Waals surface area contributed by atoms with E-state index in [1.807, 2.05) is 13.8 Å². The molecule has 0 aromatic carbocycles. The van der Waals surface area contributed by atoms with Crippen LogP contribution in [0.25, 0.3) is 0 Å². The van der Waals surface area contributed by atoms with Gasteiger partial charge in [-0.05, 0) is 12.5 Å². The van der Waals surface area contributed by atoms with Crippen LogP contribution in [0.5, 0.6) is 0 Å². The van der Waals surface area contributed by atoms with Crippen LogP contribution in [0.4, 0.5) is 4.39 Å². The Kier molecular flexibility index (Phi) is 9.38. The Bertz CT molecular complexity index is 375. The summed E-state index contributed by atoms with van der Waals surface area (Å²) in [4.78, 5) is 11.2. The van der Waals surface area contributed by atoms with Crippen LogP contribution < -0.4 is 5.32 Å². The Morgan fingerprint density at radius 2 is 1.95 bits per heavy atom. The molecule has 0 aliphatic heterocycles. The van der Waals surface area contributed by atoms with Crippen molar-refractivity contribution < 1.29 is 18.7 Å². The van der Waals surface area contributed by atoms with Gasteiger partial charge in [0.1, 0.15) is 18.2 Å². The smallest absolute Gasteiger partial charge is 0.222 e. The molecule has 0 saturated carbocycles. The number of carbonyl (C=O) groups is 1. The average Bonchev–Trinajstić information content (AvgIpc) is 2.34. The van der Waals surface area contributed by atoms with Gasteiger partial charge in [-0.25, -0.2) is 4.39 Å². The first-order valence-electron chi connectivity index (χ1n) is 6.54.